The highest BCUT2D eigenvalue weighted by atomic mass is 32.1. The van der Waals surface area contributed by atoms with Crippen LogP contribution in [0.25, 0.3) is 21.6 Å². The van der Waals surface area contributed by atoms with Gasteiger partial charge in [-0.25, -0.2) is 9.97 Å². The van der Waals surface area contributed by atoms with Crippen LogP contribution in [0.15, 0.2) is 36.4 Å². The molecule has 22 heavy (non-hydrogen) atoms. The normalized spacial score (nSPS) is 11.0. The van der Waals surface area contributed by atoms with Crippen LogP contribution in [-0.4, -0.2) is 16.5 Å². The van der Waals surface area contributed by atoms with E-state index in [1.807, 2.05) is 18.2 Å². The number of hydrogen-bond acceptors (Lipinski definition) is 4. The quantitative estimate of drug-likeness (QED) is 0.641. The van der Waals surface area contributed by atoms with Gasteiger partial charge in [0.2, 0.25) is 0 Å². The second-order valence-corrected chi connectivity index (χ2v) is 6.44. The van der Waals surface area contributed by atoms with Crippen molar-refractivity contribution in [3.05, 3.63) is 41.3 Å². The van der Waals surface area contributed by atoms with E-state index >= 15 is 0 Å². The van der Waals surface area contributed by atoms with Crippen LogP contribution in [0.1, 0.15) is 31.6 Å². The van der Waals surface area contributed by atoms with Crippen molar-refractivity contribution in [2.45, 2.75) is 33.1 Å². The molecule has 0 amide bonds. The van der Waals surface area contributed by atoms with Crippen molar-refractivity contribution in [1.29, 1.82) is 0 Å². The molecule has 1 aromatic carbocycles. The molecular formula is C18H21N3S. The van der Waals surface area contributed by atoms with Gasteiger partial charge < -0.3 is 5.32 Å². The molecule has 0 atom stereocenters. The maximum atomic E-state index is 4.78. The molecule has 3 aromatic rings. The van der Waals surface area contributed by atoms with Gasteiger partial charge in [-0.1, -0.05) is 50.6 Å². The van der Waals surface area contributed by atoms with Crippen LogP contribution < -0.4 is 5.32 Å². The third-order valence-corrected chi connectivity index (χ3v) is 4.82. The number of anilines is 1. The van der Waals surface area contributed by atoms with E-state index in [2.05, 4.69) is 37.4 Å². The number of unbranched alkanes of at least 4 members (excludes halogenated alkanes) is 1. The number of aromatic nitrogens is 2. The van der Waals surface area contributed by atoms with E-state index in [-0.39, 0.29) is 0 Å². The predicted octanol–water partition coefficient (Wildman–Crippen LogP) is 5.13. The lowest BCUT2D eigenvalue weighted by molar-refractivity contribution is 0.832. The summed E-state index contributed by atoms with van der Waals surface area (Å²) in [5.74, 6) is 1.77. The Bertz CT molecular complexity index is 750. The SMILES string of the molecule is CCCCNc1nc(-c2ccccc2)nc2sc(CC)cc12. The lowest BCUT2D eigenvalue weighted by Crippen LogP contribution is -2.04. The van der Waals surface area contributed by atoms with Crippen LogP contribution in [0, 0.1) is 0 Å². The van der Waals surface area contributed by atoms with Gasteiger partial charge in [0.05, 0.1) is 5.39 Å². The minimum atomic E-state index is 0.802. The zero-order valence-corrected chi connectivity index (χ0v) is 13.9. The first-order chi connectivity index (χ1) is 10.8. The van der Waals surface area contributed by atoms with Crippen molar-refractivity contribution in [2.24, 2.45) is 0 Å². The monoisotopic (exact) mass is 311 g/mol. The van der Waals surface area contributed by atoms with Crippen molar-refractivity contribution < 1.29 is 0 Å². The third-order valence-electron chi connectivity index (χ3n) is 3.65. The number of thiophene rings is 1. The smallest absolute Gasteiger partial charge is 0.163 e. The third kappa shape index (κ3) is 3.12. The largest absolute Gasteiger partial charge is 0.369 e. The fraction of sp³-hybridized carbons (Fsp3) is 0.333. The van der Waals surface area contributed by atoms with Gasteiger partial charge in [0, 0.05) is 17.0 Å². The molecule has 1 N–H and O–H groups in total. The average Bonchev–Trinajstić information content (AvgIpc) is 2.99. The topological polar surface area (TPSA) is 37.8 Å². The highest BCUT2D eigenvalue weighted by Gasteiger charge is 2.12. The summed E-state index contributed by atoms with van der Waals surface area (Å²) < 4.78 is 0. The first-order valence-electron chi connectivity index (χ1n) is 7.91. The van der Waals surface area contributed by atoms with Crippen LogP contribution in [0.5, 0.6) is 0 Å². The van der Waals surface area contributed by atoms with Crippen LogP contribution in [0.4, 0.5) is 5.82 Å². The molecule has 4 heteroatoms. The summed E-state index contributed by atoms with van der Waals surface area (Å²) in [6.45, 7) is 5.33. The summed E-state index contributed by atoms with van der Waals surface area (Å²) in [4.78, 5) is 12.0. The molecule has 0 aliphatic heterocycles. The van der Waals surface area contributed by atoms with Crippen molar-refractivity contribution in [3.8, 4) is 11.4 Å². The Morgan fingerprint density at radius 1 is 1.09 bits per heavy atom. The van der Waals surface area contributed by atoms with E-state index in [1.165, 1.54) is 11.3 Å². The van der Waals surface area contributed by atoms with Crippen LogP contribution >= 0.6 is 11.3 Å². The average molecular weight is 311 g/mol. The Hall–Kier alpha value is -1.94. The first-order valence-corrected chi connectivity index (χ1v) is 8.73. The van der Waals surface area contributed by atoms with Gasteiger partial charge in [0.1, 0.15) is 10.6 Å². The van der Waals surface area contributed by atoms with E-state index < -0.39 is 0 Å². The van der Waals surface area contributed by atoms with Gasteiger partial charge in [0.15, 0.2) is 5.82 Å². The van der Waals surface area contributed by atoms with Crippen LogP contribution in [-0.2, 0) is 6.42 Å². The van der Waals surface area contributed by atoms with E-state index in [0.717, 1.165) is 46.8 Å². The molecule has 2 aromatic heterocycles. The van der Waals surface area contributed by atoms with Gasteiger partial charge >= 0.3 is 0 Å². The number of aryl methyl sites for hydroxylation is 1. The summed E-state index contributed by atoms with van der Waals surface area (Å²) in [7, 11) is 0. The molecule has 3 rings (SSSR count). The number of nitrogens with zero attached hydrogens (tertiary/aromatic N) is 2. The molecule has 0 aliphatic rings. The van der Waals surface area contributed by atoms with E-state index in [0.29, 0.717) is 0 Å². The molecule has 114 valence electrons. The Kier molecular flexibility index (Phi) is 4.68. The number of benzene rings is 1. The van der Waals surface area contributed by atoms with Crippen molar-refractivity contribution >= 4 is 27.4 Å². The Morgan fingerprint density at radius 2 is 1.91 bits per heavy atom. The van der Waals surface area contributed by atoms with Crippen molar-refractivity contribution in [3.63, 3.8) is 0 Å². The number of fused-ring (bicyclic) bond motifs is 1. The van der Waals surface area contributed by atoms with E-state index in [4.69, 9.17) is 9.97 Å². The Morgan fingerprint density at radius 3 is 2.64 bits per heavy atom. The first kappa shape index (κ1) is 15.0. The lowest BCUT2D eigenvalue weighted by atomic mass is 10.2. The van der Waals surface area contributed by atoms with Crippen molar-refractivity contribution in [2.75, 3.05) is 11.9 Å². The molecule has 0 saturated heterocycles. The maximum Gasteiger partial charge on any atom is 0.163 e. The molecule has 0 bridgehead atoms. The summed E-state index contributed by atoms with van der Waals surface area (Å²) >= 11 is 1.77. The molecule has 0 unspecified atom stereocenters. The molecule has 0 spiro atoms. The Labute approximate surface area is 135 Å². The molecule has 0 fully saturated rings. The van der Waals surface area contributed by atoms with Crippen molar-refractivity contribution in [1.82, 2.24) is 9.97 Å². The lowest BCUT2D eigenvalue weighted by Gasteiger charge is -2.08. The minimum Gasteiger partial charge on any atom is -0.369 e. The molecule has 2 heterocycles. The number of rotatable bonds is 6. The van der Waals surface area contributed by atoms with E-state index in [9.17, 15) is 0 Å². The van der Waals surface area contributed by atoms with Crippen LogP contribution in [0.2, 0.25) is 0 Å². The summed E-state index contributed by atoms with van der Waals surface area (Å²) in [6.07, 6.45) is 3.36. The summed E-state index contributed by atoms with van der Waals surface area (Å²) in [5, 5.41) is 4.64. The number of hydrogen-bond donors (Lipinski definition) is 1. The standard InChI is InChI=1S/C18H21N3S/c1-3-5-11-19-17-15-12-14(4-2)22-18(15)21-16(20-17)13-9-7-6-8-10-13/h6-10,12H,3-5,11H2,1-2H3,(H,19,20,21). The zero-order chi connectivity index (χ0) is 15.4. The zero-order valence-electron chi connectivity index (χ0n) is 13.1. The van der Waals surface area contributed by atoms with Gasteiger partial charge in [-0.05, 0) is 18.9 Å². The molecule has 3 nitrogen and oxygen atoms in total. The summed E-state index contributed by atoms with van der Waals surface area (Å²) in [5.41, 5.74) is 1.06. The fourth-order valence-corrected chi connectivity index (χ4v) is 3.35. The molecule has 0 radical (unpaired) electrons. The van der Waals surface area contributed by atoms with Crippen LogP contribution in [0.3, 0.4) is 0 Å². The van der Waals surface area contributed by atoms with Gasteiger partial charge in [-0.15, -0.1) is 11.3 Å². The van der Waals surface area contributed by atoms with Gasteiger partial charge in [-0.2, -0.15) is 0 Å². The fourth-order valence-electron chi connectivity index (χ4n) is 2.38. The second-order valence-electron chi connectivity index (χ2n) is 5.33. The van der Waals surface area contributed by atoms with E-state index in [1.54, 1.807) is 11.3 Å². The molecule has 0 aliphatic carbocycles. The van der Waals surface area contributed by atoms with Gasteiger partial charge in [0.25, 0.3) is 0 Å². The second kappa shape index (κ2) is 6.88. The highest BCUT2D eigenvalue weighted by molar-refractivity contribution is 7.18. The Balaban J connectivity index is 2.06. The minimum absolute atomic E-state index is 0.802. The molecule has 0 saturated carbocycles. The predicted molar refractivity (Wildman–Crippen MR) is 95.6 cm³/mol. The maximum absolute atomic E-state index is 4.78. The molecular weight excluding hydrogens is 290 g/mol. The van der Waals surface area contributed by atoms with Gasteiger partial charge in [-0.3, -0.25) is 0 Å². The number of nitrogens with one attached hydrogen (secondary N) is 1. The summed E-state index contributed by atoms with van der Waals surface area (Å²) in [6, 6.07) is 12.4. The highest BCUT2D eigenvalue weighted by Crippen LogP contribution is 2.31.